The first-order chi connectivity index (χ1) is 21.5. The van der Waals surface area contributed by atoms with Gasteiger partial charge in [0.25, 0.3) is 11.5 Å². The van der Waals surface area contributed by atoms with Crippen LogP contribution in [0, 0.1) is 6.92 Å². The number of para-hydroxylation sites is 2. The summed E-state index contributed by atoms with van der Waals surface area (Å²) in [6.45, 7) is 1.77. The maximum absolute atomic E-state index is 13.9. The van der Waals surface area contributed by atoms with Gasteiger partial charge in [0, 0.05) is 38.5 Å². The van der Waals surface area contributed by atoms with E-state index < -0.39 is 15.9 Å². The number of sulfonamides is 1. The summed E-state index contributed by atoms with van der Waals surface area (Å²) in [4.78, 5) is 29.4. The lowest BCUT2D eigenvalue weighted by Crippen LogP contribution is -2.33. The van der Waals surface area contributed by atoms with E-state index in [2.05, 4.69) is 0 Å². The third-order valence-corrected chi connectivity index (χ3v) is 10.6. The number of aromatic nitrogens is 4. The number of hydrogen-bond donors (Lipinski definition) is 0. The molecule has 1 aliphatic heterocycles. The molecule has 228 valence electrons. The Morgan fingerprint density at radius 1 is 0.911 bits per heavy atom. The van der Waals surface area contributed by atoms with Crippen LogP contribution in [0.2, 0.25) is 0 Å². The number of carbonyl (C=O) groups is 1. The van der Waals surface area contributed by atoms with Crippen molar-refractivity contribution in [3.05, 3.63) is 118 Å². The number of amides is 1. The number of rotatable bonds is 7. The second kappa shape index (κ2) is 11.7. The second-order valence-electron chi connectivity index (χ2n) is 10.5. The van der Waals surface area contributed by atoms with E-state index in [0.717, 1.165) is 21.8 Å². The summed E-state index contributed by atoms with van der Waals surface area (Å²) in [5, 5.41) is 4.80. The fourth-order valence-corrected chi connectivity index (χ4v) is 7.27. The van der Waals surface area contributed by atoms with Crippen LogP contribution < -0.4 is 10.5 Å². The Labute approximate surface area is 269 Å². The Morgan fingerprint density at radius 2 is 1.56 bits per heavy atom. The Hall–Kier alpha value is -4.56. The fraction of sp³-hybridized carbons (Fsp3) is 0.125. The van der Waals surface area contributed by atoms with E-state index in [-0.39, 0.29) is 20.5 Å². The Morgan fingerprint density at radius 3 is 2.20 bits per heavy atom. The van der Waals surface area contributed by atoms with E-state index in [9.17, 15) is 18.0 Å². The summed E-state index contributed by atoms with van der Waals surface area (Å²) in [7, 11) is 1.01. The van der Waals surface area contributed by atoms with Crippen molar-refractivity contribution in [3.63, 3.8) is 0 Å². The van der Waals surface area contributed by atoms with E-state index in [1.807, 2.05) is 60.7 Å². The van der Waals surface area contributed by atoms with Crippen LogP contribution in [0.4, 0.5) is 5.69 Å². The summed E-state index contributed by atoms with van der Waals surface area (Å²) in [6.07, 6.45) is 3.46. The molecule has 13 heteroatoms. The summed E-state index contributed by atoms with van der Waals surface area (Å²) in [6, 6.07) is 25.2. The number of anilines is 1. The van der Waals surface area contributed by atoms with Gasteiger partial charge in [-0.2, -0.15) is 5.10 Å². The van der Waals surface area contributed by atoms with Crippen molar-refractivity contribution in [2.75, 3.05) is 19.0 Å². The molecule has 0 bridgehead atoms. The molecule has 0 saturated carbocycles. The lowest BCUT2D eigenvalue weighted by Gasteiger charge is -2.12. The van der Waals surface area contributed by atoms with Crippen LogP contribution in [0.5, 0.6) is 0 Å². The molecule has 1 fully saturated rings. The first-order valence-electron chi connectivity index (χ1n) is 13.8. The maximum Gasteiger partial charge on any atom is 0.296 e. The molecular formula is C32H28N6O4S3. The van der Waals surface area contributed by atoms with Gasteiger partial charge in [-0.15, -0.1) is 0 Å². The van der Waals surface area contributed by atoms with E-state index >= 15 is 0 Å². The van der Waals surface area contributed by atoms with Crippen molar-refractivity contribution < 1.29 is 13.2 Å². The fourth-order valence-electron chi connectivity index (χ4n) is 5.06. The molecule has 0 radical (unpaired) electrons. The Kier molecular flexibility index (Phi) is 7.95. The predicted octanol–water partition coefficient (Wildman–Crippen LogP) is 4.99. The minimum absolute atomic E-state index is 0.116. The number of nitrogens with zero attached hydrogens (tertiary/aromatic N) is 6. The highest BCUT2D eigenvalue weighted by Crippen LogP contribution is 2.38. The van der Waals surface area contributed by atoms with Crippen LogP contribution in [-0.2, 0) is 21.9 Å². The maximum atomic E-state index is 13.9. The number of carbonyl (C=O) groups excluding carboxylic acids is 1. The van der Waals surface area contributed by atoms with Crippen LogP contribution in [-0.4, -0.2) is 56.2 Å². The molecule has 1 saturated heterocycles. The van der Waals surface area contributed by atoms with Gasteiger partial charge in [0.1, 0.15) is 11.4 Å². The average Bonchev–Trinajstić information content (AvgIpc) is 3.65. The van der Waals surface area contributed by atoms with Gasteiger partial charge in [0.15, 0.2) is 4.32 Å². The van der Waals surface area contributed by atoms with Gasteiger partial charge >= 0.3 is 0 Å². The van der Waals surface area contributed by atoms with E-state index in [4.69, 9.17) is 17.3 Å². The standard InChI is InChI=1S/C32H28N6O4S3/c1-21-29(31(40)38(35(21)4)25-15-9-6-10-16-25)37-30(39)27(44-32(37)43)19-23-20-36(24-13-7-5-8-14-24)33-28(23)22-12-11-17-26(18-22)45(41,42)34(2)3/h5-20H,1-4H3. The molecule has 1 aliphatic rings. The molecular weight excluding hydrogens is 629 g/mol. The quantitative estimate of drug-likeness (QED) is 0.180. The molecule has 1 amide bonds. The molecule has 5 aromatic rings. The smallest absolute Gasteiger partial charge is 0.283 e. The Balaban J connectivity index is 1.46. The zero-order chi connectivity index (χ0) is 32.0. The van der Waals surface area contributed by atoms with Crippen molar-refractivity contribution in [3.8, 4) is 22.6 Å². The van der Waals surface area contributed by atoms with Crippen LogP contribution in [0.25, 0.3) is 28.7 Å². The zero-order valence-corrected chi connectivity index (χ0v) is 27.2. The van der Waals surface area contributed by atoms with Crippen molar-refractivity contribution >= 4 is 56.0 Å². The van der Waals surface area contributed by atoms with Gasteiger partial charge in [-0.25, -0.2) is 22.1 Å². The molecule has 3 heterocycles. The molecule has 0 atom stereocenters. The van der Waals surface area contributed by atoms with Crippen LogP contribution in [0.1, 0.15) is 11.3 Å². The second-order valence-corrected chi connectivity index (χ2v) is 14.3. The zero-order valence-electron chi connectivity index (χ0n) is 24.8. The normalized spacial score (nSPS) is 14.7. The van der Waals surface area contributed by atoms with Gasteiger partial charge in [0.05, 0.1) is 26.9 Å². The third-order valence-electron chi connectivity index (χ3n) is 7.48. The van der Waals surface area contributed by atoms with Crippen molar-refractivity contribution in [2.24, 2.45) is 7.05 Å². The first-order valence-corrected chi connectivity index (χ1v) is 16.5. The van der Waals surface area contributed by atoms with Crippen LogP contribution in [0.3, 0.4) is 0 Å². The van der Waals surface area contributed by atoms with Crippen molar-refractivity contribution in [1.82, 2.24) is 23.4 Å². The number of thiocarbonyl (C=S) groups is 1. The van der Waals surface area contributed by atoms with E-state index in [1.165, 1.54) is 29.7 Å². The Bertz CT molecular complexity index is 2170. The predicted molar refractivity (Wildman–Crippen MR) is 181 cm³/mol. The summed E-state index contributed by atoms with van der Waals surface area (Å²) in [5.74, 6) is -0.432. The monoisotopic (exact) mass is 656 g/mol. The number of benzene rings is 3. The molecule has 0 N–H and O–H groups in total. The van der Waals surface area contributed by atoms with Crippen LogP contribution in [0.15, 0.2) is 106 Å². The van der Waals surface area contributed by atoms with Crippen molar-refractivity contribution in [1.29, 1.82) is 0 Å². The average molecular weight is 657 g/mol. The third kappa shape index (κ3) is 5.37. The highest BCUT2D eigenvalue weighted by atomic mass is 32.2. The van der Waals surface area contributed by atoms with Crippen molar-refractivity contribution in [2.45, 2.75) is 11.8 Å². The minimum atomic E-state index is -3.70. The van der Waals surface area contributed by atoms with Gasteiger partial charge < -0.3 is 0 Å². The lowest BCUT2D eigenvalue weighted by molar-refractivity contribution is -0.113. The number of thioether (sulfide) groups is 1. The lowest BCUT2D eigenvalue weighted by atomic mass is 10.1. The highest BCUT2D eigenvalue weighted by molar-refractivity contribution is 8.27. The first kappa shape index (κ1) is 30.5. The molecule has 0 aliphatic carbocycles. The summed E-state index contributed by atoms with van der Waals surface area (Å²) < 4.78 is 32.1. The largest absolute Gasteiger partial charge is 0.296 e. The van der Waals surface area contributed by atoms with Gasteiger partial charge in [-0.05, 0) is 49.4 Å². The van der Waals surface area contributed by atoms with E-state index in [0.29, 0.717) is 33.1 Å². The molecule has 6 rings (SSSR count). The van der Waals surface area contributed by atoms with E-state index in [1.54, 1.807) is 53.8 Å². The van der Waals surface area contributed by atoms with Gasteiger partial charge in [0.2, 0.25) is 10.0 Å². The van der Waals surface area contributed by atoms with Gasteiger partial charge in [-0.3, -0.25) is 19.2 Å². The molecule has 2 aromatic heterocycles. The highest BCUT2D eigenvalue weighted by Gasteiger charge is 2.38. The molecule has 45 heavy (non-hydrogen) atoms. The molecule has 0 unspecified atom stereocenters. The number of hydrogen-bond acceptors (Lipinski definition) is 7. The molecule has 3 aromatic carbocycles. The molecule has 0 spiro atoms. The minimum Gasteiger partial charge on any atom is -0.283 e. The topological polar surface area (TPSA) is 102 Å². The van der Waals surface area contributed by atoms with Crippen LogP contribution >= 0.6 is 24.0 Å². The van der Waals surface area contributed by atoms with Gasteiger partial charge in [-0.1, -0.05) is 72.5 Å². The summed E-state index contributed by atoms with van der Waals surface area (Å²) in [5.41, 5.74) is 3.45. The summed E-state index contributed by atoms with van der Waals surface area (Å²) >= 11 is 6.74. The molecule has 10 nitrogen and oxygen atoms in total. The SMILES string of the molecule is Cc1c(N2C(=O)C(=Cc3cn(-c4ccccc4)nc3-c3cccc(S(=O)(=O)N(C)C)c3)SC2=S)c(=O)n(-c2ccccc2)n1C.